The summed E-state index contributed by atoms with van der Waals surface area (Å²) in [7, 11) is 1.81. The van der Waals surface area contributed by atoms with Gasteiger partial charge in [0.1, 0.15) is 5.75 Å². The zero-order valence-electron chi connectivity index (χ0n) is 12.5. The van der Waals surface area contributed by atoms with Crippen LogP contribution in [-0.4, -0.2) is 37.7 Å². The van der Waals surface area contributed by atoms with Crippen molar-refractivity contribution in [2.45, 2.75) is 26.2 Å². The summed E-state index contributed by atoms with van der Waals surface area (Å²) in [6.07, 6.45) is 2.84. The Morgan fingerprint density at radius 3 is 2.86 bits per heavy atom. The van der Waals surface area contributed by atoms with E-state index in [0.717, 1.165) is 30.3 Å². The van der Waals surface area contributed by atoms with E-state index >= 15 is 0 Å². The summed E-state index contributed by atoms with van der Waals surface area (Å²) in [6.45, 7) is 3.99. The standard InChI is InChI=1S/C15H22BrClN2O2/c1-3-4-9-19(2)15(20)18-8-5-10-21-14-7-6-12(16)11-13(14)17/h6-7,11H,3-5,8-10H2,1-2H3,(H,18,20). The van der Waals surface area contributed by atoms with Crippen molar-refractivity contribution in [2.75, 3.05) is 26.7 Å². The number of hydrogen-bond acceptors (Lipinski definition) is 2. The SMILES string of the molecule is CCCCN(C)C(=O)NCCCOc1ccc(Br)cc1Cl. The Labute approximate surface area is 139 Å². The van der Waals surface area contributed by atoms with Crippen molar-refractivity contribution in [1.29, 1.82) is 0 Å². The molecule has 1 rings (SSSR count). The van der Waals surface area contributed by atoms with E-state index in [1.165, 1.54) is 0 Å². The van der Waals surface area contributed by atoms with E-state index in [9.17, 15) is 4.79 Å². The van der Waals surface area contributed by atoms with Gasteiger partial charge in [0.2, 0.25) is 0 Å². The number of amides is 2. The fourth-order valence-corrected chi connectivity index (χ4v) is 2.40. The zero-order valence-corrected chi connectivity index (χ0v) is 14.8. The highest BCUT2D eigenvalue weighted by Gasteiger charge is 2.06. The molecule has 0 fully saturated rings. The van der Waals surface area contributed by atoms with Crippen LogP contribution in [0.4, 0.5) is 4.79 Å². The minimum atomic E-state index is -0.0369. The topological polar surface area (TPSA) is 41.6 Å². The maximum Gasteiger partial charge on any atom is 0.317 e. The number of benzene rings is 1. The fraction of sp³-hybridized carbons (Fsp3) is 0.533. The van der Waals surface area contributed by atoms with Gasteiger partial charge in [0.15, 0.2) is 0 Å². The van der Waals surface area contributed by atoms with Crippen LogP contribution in [0.15, 0.2) is 22.7 Å². The second-order valence-electron chi connectivity index (χ2n) is 4.78. The number of halogens is 2. The first-order valence-corrected chi connectivity index (χ1v) is 8.28. The van der Waals surface area contributed by atoms with Crippen LogP contribution in [0.2, 0.25) is 5.02 Å². The Bertz CT molecular complexity index is 457. The highest BCUT2D eigenvalue weighted by Crippen LogP contribution is 2.27. The molecule has 0 radical (unpaired) electrons. The van der Waals surface area contributed by atoms with E-state index in [0.29, 0.717) is 23.9 Å². The van der Waals surface area contributed by atoms with E-state index in [4.69, 9.17) is 16.3 Å². The first kappa shape index (κ1) is 18.1. The number of nitrogens with zero attached hydrogens (tertiary/aromatic N) is 1. The van der Waals surface area contributed by atoms with Gasteiger partial charge in [0, 0.05) is 24.6 Å². The van der Waals surface area contributed by atoms with Gasteiger partial charge in [-0.2, -0.15) is 0 Å². The number of carbonyl (C=O) groups excluding carboxylic acids is 1. The smallest absolute Gasteiger partial charge is 0.317 e. The molecule has 0 unspecified atom stereocenters. The monoisotopic (exact) mass is 376 g/mol. The van der Waals surface area contributed by atoms with Gasteiger partial charge in [-0.05, 0) is 31.0 Å². The molecule has 0 heterocycles. The molecule has 0 bridgehead atoms. The Morgan fingerprint density at radius 2 is 2.19 bits per heavy atom. The van der Waals surface area contributed by atoms with Crippen LogP contribution < -0.4 is 10.1 Å². The van der Waals surface area contributed by atoms with Crippen molar-refractivity contribution in [3.8, 4) is 5.75 Å². The second kappa shape index (κ2) is 9.90. The van der Waals surface area contributed by atoms with Crippen LogP contribution in [0.5, 0.6) is 5.75 Å². The van der Waals surface area contributed by atoms with E-state index in [2.05, 4.69) is 28.2 Å². The predicted octanol–water partition coefficient (Wildman–Crippen LogP) is 4.31. The summed E-state index contributed by atoms with van der Waals surface area (Å²) < 4.78 is 6.50. The Kier molecular flexibility index (Phi) is 8.54. The van der Waals surface area contributed by atoms with Gasteiger partial charge in [0.05, 0.1) is 11.6 Å². The van der Waals surface area contributed by atoms with Crippen molar-refractivity contribution < 1.29 is 9.53 Å². The molecule has 1 aromatic rings. The van der Waals surface area contributed by atoms with Crippen molar-refractivity contribution in [3.05, 3.63) is 27.7 Å². The van der Waals surface area contributed by atoms with Gasteiger partial charge in [-0.15, -0.1) is 0 Å². The van der Waals surface area contributed by atoms with Gasteiger partial charge in [-0.25, -0.2) is 4.79 Å². The van der Waals surface area contributed by atoms with Crippen molar-refractivity contribution in [3.63, 3.8) is 0 Å². The van der Waals surface area contributed by atoms with Crippen molar-refractivity contribution in [2.24, 2.45) is 0 Å². The summed E-state index contributed by atoms with van der Waals surface area (Å²) in [5, 5.41) is 3.44. The quantitative estimate of drug-likeness (QED) is 0.686. The Balaban J connectivity index is 2.18. The molecule has 0 spiro atoms. The lowest BCUT2D eigenvalue weighted by Gasteiger charge is -2.17. The predicted molar refractivity (Wildman–Crippen MR) is 90.2 cm³/mol. The Morgan fingerprint density at radius 1 is 1.43 bits per heavy atom. The summed E-state index contributed by atoms with van der Waals surface area (Å²) >= 11 is 9.40. The molecular formula is C15H22BrClN2O2. The summed E-state index contributed by atoms with van der Waals surface area (Å²) in [4.78, 5) is 13.4. The summed E-state index contributed by atoms with van der Waals surface area (Å²) in [5.41, 5.74) is 0. The molecule has 4 nitrogen and oxygen atoms in total. The third kappa shape index (κ3) is 7.05. The molecule has 0 saturated heterocycles. The number of hydrogen-bond donors (Lipinski definition) is 1. The van der Waals surface area contributed by atoms with Crippen LogP contribution in [0.3, 0.4) is 0 Å². The fourth-order valence-electron chi connectivity index (χ4n) is 1.67. The number of carbonyl (C=O) groups is 1. The maximum atomic E-state index is 11.7. The average molecular weight is 378 g/mol. The van der Waals surface area contributed by atoms with Gasteiger partial charge in [0.25, 0.3) is 0 Å². The molecule has 0 saturated carbocycles. The molecule has 0 aromatic heterocycles. The zero-order chi connectivity index (χ0) is 15.7. The van der Waals surface area contributed by atoms with Gasteiger partial charge >= 0.3 is 6.03 Å². The largest absolute Gasteiger partial charge is 0.492 e. The third-order valence-electron chi connectivity index (χ3n) is 2.94. The van der Waals surface area contributed by atoms with Crippen LogP contribution in [0.1, 0.15) is 26.2 Å². The van der Waals surface area contributed by atoms with Crippen molar-refractivity contribution >= 4 is 33.6 Å². The highest BCUT2D eigenvalue weighted by molar-refractivity contribution is 9.10. The van der Waals surface area contributed by atoms with E-state index < -0.39 is 0 Å². The van der Waals surface area contributed by atoms with Gasteiger partial charge in [-0.3, -0.25) is 0 Å². The van der Waals surface area contributed by atoms with E-state index in [1.807, 2.05) is 19.2 Å². The second-order valence-corrected chi connectivity index (χ2v) is 6.11. The molecule has 118 valence electrons. The highest BCUT2D eigenvalue weighted by atomic mass is 79.9. The minimum Gasteiger partial charge on any atom is -0.492 e. The van der Waals surface area contributed by atoms with Crippen LogP contribution in [-0.2, 0) is 0 Å². The van der Waals surface area contributed by atoms with Crippen LogP contribution in [0, 0.1) is 0 Å². The molecule has 21 heavy (non-hydrogen) atoms. The van der Waals surface area contributed by atoms with Gasteiger partial charge in [-0.1, -0.05) is 40.9 Å². The number of urea groups is 1. The number of rotatable bonds is 8. The number of unbranched alkanes of at least 4 members (excludes halogenated alkanes) is 1. The first-order chi connectivity index (χ1) is 10.0. The molecule has 1 N–H and O–H groups in total. The van der Waals surface area contributed by atoms with E-state index in [-0.39, 0.29) is 6.03 Å². The molecule has 0 aliphatic carbocycles. The normalized spacial score (nSPS) is 10.3. The molecule has 0 atom stereocenters. The molecule has 0 aliphatic heterocycles. The summed E-state index contributed by atoms with van der Waals surface area (Å²) in [6, 6.07) is 5.46. The van der Waals surface area contributed by atoms with Crippen LogP contribution >= 0.6 is 27.5 Å². The first-order valence-electron chi connectivity index (χ1n) is 7.11. The van der Waals surface area contributed by atoms with Crippen molar-refractivity contribution in [1.82, 2.24) is 10.2 Å². The Hall–Kier alpha value is -0.940. The average Bonchev–Trinajstić information content (AvgIpc) is 2.46. The molecule has 6 heteroatoms. The molecule has 1 aromatic carbocycles. The molecule has 2 amide bonds. The lowest BCUT2D eigenvalue weighted by atomic mass is 10.3. The maximum absolute atomic E-state index is 11.7. The third-order valence-corrected chi connectivity index (χ3v) is 3.73. The molecular weight excluding hydrogens is 356 g/mol. The number of ether oxygens (including phenoxy) is 1. The number of nitrogens with one attached hydrogen (secondary N) is 1. The van der Waals surface area contributed by atoms with Crippen LogP contribution in [0.25, 0.3) is 0 Å². The lowest BCUT2D eigenvalue weighted by Crippen LogP contribution is -2.38. The van der Waals surface area contributed by atoms with Gasteiger partial charge < -0.3 is 15.0 Å². The lowest BCUT2D eigenvalue weighted by molar-refractivity contribution is 0.207. The molecule has 0 aliphatic rings. The minimum absolute atomic E-state index is 0.0369. The summed E-state index contributed by atoms with van der Waals surface area (Å²) in [5.74, 6) is 0.659. The van der Waals surface area contributed by atoms with E-state index in [1.54, 1.807) is 11.0 Å².